The maximum Gasteiger partial charge on any atom is 0.154 e. The summed E-state index contributed by atoms with van der Waals surface area (Å²) in [5.41, 5.74) is 6.87. The van der Waals surface area contributed by atoms with Crippen LogP contribution in [0.1, 0.15) is 19.4 Å². The van der Waals surface area contributed by atoms with Gasteiger partial charge in [0.25, 0.3) is 0 Å². The van der Waals surface area contributed by atoms with Crippen LogP contribution in [-0.2, 0) is 16.3 Å². The second-order valence-electron chi connectivity index (χ2n) is 5.14. The molecule has 0 heterocycles. The minimum absolute atomic E-state index is 0.379. The molecule has 1 rings (SSSR count). The van der Waals surface area contributed by atoms with E-state index in [-0.39, 0.29) is 0 Å². The van der Waals surface area contributed by atoms with Gasteiger partial charge in [-0.3, -0.25) is 0 Å². The predicted octanol–water partition coefficient (Wildman–Crippen LogP) is 2.04. The molecule has 0 spiro atoms. The molecule has 0 aliphatic rings. The van der Waals surface area contributed by atoms with Gasteiger partial charge in [0.1, 0.15) is 5.75 Å². The molecule has 0 bridgehead atoms. The average Bonchev–Trinajstić information content (AvgIpc) is 2.27. The van der Waals surface area contributed by atoms with Crippen LogP contribution in [0.2, 0.25) is 5.02 Å². The van der Waals surface area contributed by atoms with Crippen molar-refractivity contribution in [2.45, 2.75) is 31.1 Å². The molecule has 1 aromatic carbocycles. The fraction of sp³-hybridized carbons (Fsp3) is 0.538. The number of rotatable bonds is 5. The maximum atomic E-state index is 11.8. The number of halogens is 1. The van der Waals surface area contributed by atoms with Crippen molar-refractivity contribution in [2.24, 2.45) is 5.73 Å². The normalized spacial score (nSPS) is 14.2. The summed E-state index contributed by atoms with van der Waals surface area (Å²) in [4.78, 5) is 0. The fourth-order valence-electron chi connectivity index (χ4n) is 1.66. The van der Waals surface area contributed by atoms with Gasteiger partial charge < -0.3 is 10.5 Å². The number of nitrogens with two attached hydrogens (primary N) is 1. The van der Waals surface area contributed by atoms with Crippen LogP contribution in [0.4, 0.5) is 0 Å². The molecule has 1 aromatic rings. The Morgan fingerprint density at radius 1 is 1.42 bits per heavy atom. The summed E-state index contributed by atoms with van der Waals surface area (Å²) in [6.45, 7) is 3.26. The molecule has 0 fully saturated rings. The Kier molecular flexibility index (Phi) is 4.87. The molecular formula is C13H20ClNO3S. The molecule has 1 unspecified atom stereocenters. The lowest BCUT2D eigenvalue weighted by Gasteiger charge is -2.30. The zero-order valence-corrected chi connectivity index (χ0v) is 13.2. The van der Waals surface area contributed by atoms with Gasteiger partial charge in [0, 0.05) is 17.3 Å². The van der Waals surface area contributed by atoms with Gasteiger partial charge in [-0.2, -0.15) is 0 Å². The molecule has 0 aliphatic heterocycles. The van der Waals surface area contributed by atoms with E-state index in [2.05, 4.69) is 0 Å². The van der Waals surface area contributed by atoms with E-state index in [1.54, 1.807) is 39.2 Å². The van der Waals surface area contributed by atoms with Crippen LogP contribution in [0, 0.1) is 0 Å². The summed E-state index contributed by atoms with van der Waals surface area (Å²) in [6.07, 6.45) is 1.58. The molecule has 1 atom stereocenters. The summed E-state index contributed by atoms with van der Waals surface area (Å²) < 4.78 is 27.8. The third kappa shape index (κ3) is 3.61. The molecule has 0 aromatic heterocycles. The van der Waals surface area contributed by atoms with Crippen LogP contribution < -0.4 is 10.5 Å². The highest BCUT2D eigenvalue weighted by atomic mass is 35.5. The predicted molar refractivity (Wildman–Crippen MR) is 78.6 cm³/mol. The van der Waals surface area contributed by atoms with Crippen LogP contribution in [-0.4, -0.2) is 32.6 Å². The molecule has 108 valence electrons. The minimum Gasteiger partial charge on any atom is -0.496 e. The number of sulfone groups is 1. The van der Waals surface area contributed by atoms with E-state index in [0.29, 0.717) is 17.2 Å². The van der Waals surface area contributed by atoms with Crippen molar-refractivity contribution in [3.05, 3.63) is 28.8 Å². The Hall–Kier alpha value is -0.780. The Morgan fingerprint density at radius 2 is 2.00 bits per heavy atom. The van der Waals surface area contributed by atoms with Gasteiger partial charge in [-0.1, -0.05) is 11.6 Å². The minimum atomic E-state index is -3.25. The van der Waals surface area contributed by atoms with Gasteiger partial charge in [0.2, 0.25) is 0 Å². The molecular weight excluding hydrogens is 286 g/mol. The molecule has 6 heteroatoms. The lowest BCUT2D eigenvalue weighted by Crippen LogP contribution is -2.50. The van der Waals surface area contributed by atoms with E-state index >= 15 is 0 Å². The first-order valence-electron chi connectivity index (χ1n) is 5.87. The fourth-order valence-corrected chi connectivity index (χ4v) is 2.49. The van der Waals surface area contributed by atoms with Crippen LogP contribution >= 0.6 is 11.6 Å². The van der Waals surface area contributed by atoms with Crippen molar-refractivity contribution >= 4 is 21.4 Å². The van der Waals surface area contributed by atoms with E-state index in [1.807, 2.05) is 0 Å². The van der Waals surface area contributed by atoms with E-state index < -0.39 is 20.6 Å². The van der Waals surface area contributed by atoms with Gasteiger partial charge >= 0.3 is 0 Å². The van der Waals surface area contributed by atoms with Gasteiger partial charge in [0.15, 0.2) is 9.84 Å². The van der Waals surface area contributed by atoms with Gasteiger partial charge in [0.05, 0.1) is 11.9 Å². The van der Waals surface area contributed by atoms with Gasteiger partial charge in [-0.15, -0.1) is 0 Å². The average molecular weight is 306 g/mol. The highest BCUT2D eigenvalue weighted by Gasteiger charge is 2.37. The maximum absolute atomic E-state index is 11.8. The number of ether oxygens (including phenoxy) is 1. The molecule has 0 saturated heterocycles. The van der Waals surface area contributed by atoms with Crippen LogP contribution in [0.3, 0.4) is 0 Å². The van der Waals surface area contributed by atoms with Crippen LogP contribution in [0.15, 0.2) is 18.2 Å². The Morgan fingerprint density at radius 3 is 2.47 bits per heavy atom. The lowest BCUT2D eigenvalue weighted by atomic mass is 9.96. The van der Waals surface area contributed by atoms with E-state index in [1.165, 1.54) is 6.26 Å². The molecule has 2 N–H and O–H groups in total. The van der Waals surface area contributed by atoms with Crippen molar-refractivity contribution < 1.29 is 13.2 Å². The van der Waals surface area contributed by atoms with Crippen LogP contribution in [0.5, 0.6) is 5.75 Å². The first-order chi connectivity index (χ1) is 8.59. The quantitative estimate of drug-likeness (QED) is 0.904. The third-order valence-electron chi connectivity index (χ3n) is 3.53. The number of hydrogen-bond acceptors (Lipinski definition) is 4. The van der Waals surface area contributed by atoms with Crippen molar-refractivity contribution in [3.63, 3.8) is 0 Å². The second kappa shape index (κ2) is 5.69. The summed E-state index contributed by atoms with van der Waals surface area (Å²) in [5.74, 6) is 0.657. The Labute approximate surface area is 119 Å². The lowest BCUT2D eigenvalue weighted by molar-refractivity contribution is 0.404. The second-order valence-corrected chi connectivity index (χ2v) is 8.18. The number of methoxy groups -OCH3 is 1. The summed E-state index contributed by atoms with van der Waals surface area (Å²) in [5, 5.41) is 0.570. The van der Waals surface area contributed by atoms with Crippen molar-refractivity contribution in [3.8, 4) is 5.75 Å². The van der Waals surface area contributed by atoms with E-state index in [0.717, 1.165) is 5.56 Å². The highest BCUT2D eigenvalue weighted by Crippen LogP contribution is 2.27. The van der Waals surface area contributed by atoms with E-state index in [4.69, 9.17) is 22.1 Å². The first-order valence-corrected chi connectivity index (χ1v) is 8.14. The zero-order valence-electron chi connectivity index (χ0n) is 11.6. The smallest absolute Gasteiger partial charge is 0.154 e. The largest absolute Gasteiger partial charge is 0.496 e. The SMILES string of the molecule is COc1ccc(Cl)cc1CC(N)C(C)(C)S(C)(=O)=O. The summed E-state index contributed by atoms with van der Waals surface area (Å²) >= 11 is 5.95. The highest BCUT2D eigenvalue weighted by molar-refractivity contribution is 7.92. The molecule has 4 nitrogen and oxygen atoms in total. The molecule has 0 aliphatic carbocycles. The third-order valence-corrected chi connectivity index (χ3v) is 5.98. The molecule has 0 saturated carbocycles. The topological polar surface area (TPSA) is 69.4 Å². The number of benzene rings is 1. The van der Waals surface area contributed by atoms with Crippen molar-refractivity contribution in [2.75, 3.05) is 13.4 Å². The summed E-state index contributed by atoms with van der Waals surface area (Å²) in [6, 6.07) is 4.67. The monoisotopic (exact) mass is 305 g/mol. The zero-order chi connectivity index (χ0) is 14.8. The van der Waals surface area contributed by atoms with Crippen molar-refractivity contribution in [1.29, 1.82) is 0 Å². The van der Waals surface area contributed by atoms with Gasteiger partial charge in [-0.25, -0.2) is 8.42 Å². The standard InChI is InChI=1S/C13H20ClNO3S/c1-13(2,19(4,16)17)12(15)8-9-7-10(14)5-6-11(9)18-3/h5-7,12H,8,15H2,1-4H3. The molecule has 0 radical (unpaired) electrons. The van der Waals surface area contributed by atoms with E-state index in [9.17, 15) is 8.42 Å². The van der Waals surface area contributed by atoms with Crippen LogP contribution in [0.25, 0.3) is 0 Å². The molecule has 19 heavy (non-hydrogen) atoms. The van der Waals surface area contributed by atoms with Crippen molar-refractivity contribution in [1.82, 2.24) is 0 Å². The first kappa shape index (κ1) is 16.3. The Bertz CT molecular complexity index is 555. The Balaban J connectivity index is 3.06. The number of hydrogen-bond donors (Lipinski definition) is 1. The molecule has 0 amide bonds. The summed E-state index contributed by atoms with van der Waals surface area (Å²) in [7, 11) is -1.69. The van der Waals surface area contributed by atoms with Gasteiger partial charge in [-0.05, 0) is 44.0 Å².